The number of ether oxygens (including phenoxy) is 5. The largest absolute Gasteiger partial charge is 0.457 e. The van der Waals surface area contributed by atoms with Gasteiger partial charge in [0.1, 0.15) is 12.4 Å². The Morgan fingerprint density at radius 1 is 0.957 bits per heavy atom. The van der Waals surface area contributed by atoms with Gasteiger partial charge >= 0.3 is 17.6 Å². The van der Waals surface area contributed by atoms with Crippen molar-refractivity contribution in [1.29, 1.82) is 0 Å². The van der Waals surface area contributed by atoms with Crippen molar-refractivity contribution >= 4 is 18.2 Å². The second-order valence-corrected chi connectivity index (χ2v) is 14.7. The lowest BCUT2D eigenvalue weighted by Crippen LogP contribution is -2.63. The summed E-state index contributed by atoms with van der Waals surface area (Å²) in [5, 5.41) is 12.5. The van der Waals surface area contributed by atoms with Crippen molar-refractivity contribution in [2.24, 2.45) is 28.6 Å². The van der Waals surface area contributed by atoms with Crippen LogP contribution in [0.4, 0.5) is 0 Å². The number of methoxy groups -OCH3 is 1. The smallest absolute Gasteiger partial charge is 0.335 e. The van der Waals surface area contributed by atoms with Crippen LogP contribution < -0.4 is 5.63 Å². The zero-order chi connectivity index (χ0) is 33.0. The van der Waals surface area contributed by atoms with E-state index >= 15 is 0 Å². The van der Waals surface area contributed by atoms with Crippen LogP contribution in [-0.4, -0.2) is 72.9 Å². The molecule has 0 bridgehead atoms. The van der Waals surface area contributed by atoms with E-state index in [9.17, 15) is 24.3 Å². The number of carbonyl (C=O) groups is 3. The van der Waals surface area contributed by atoms with Gasteiger partial charge in [-0.2, -0.15) is 0 Å². The van der Waals surface area contributed by atoms with E-state index in [1.54, 1.807) is 13.2 Å². The maximum Gasteiger partial charge on any atom is 0.335 e. The van der Waals surface area contributed by atoms with E-state index in [1.807, 2.05) is 6.07 Å². The van der Waals surface area contributed by atoms with E-state index in [4.69, 9.17) is 28.1 Å². The second kappa shape index (κ2) is 12.5. The standard InChI is InChI=1S/C35H48O11/c1-19-29(44-20(2)37)30(41-5)31(45-21(3)38)32(43-19)46-24-10-14-34(18-36)23(16-24)7-8-27-26(34)11-13-33(4)25(12-15-35(27,33)40)22-6-9-28(39)42-17-22/h6,9,17-19,23-27,29-32,40H,7-8,10-16H2,1-5H3/t19-,23-,24+,25-,26-,27+,29-,30-,31-,32-,33+,34+,35+/m0/s1. The van der Waals surface area contributed by atoms with Gasteiger partial charge in [0.05, 0.1) is 24.1 Å². The van der Waals surface area contributed by atoms with Crippen LogP contribution in [0.15, 0.2) is 27.6 Å². The molecule has 11 nitrogen and oxygen atoms in total. The van der Waals surface area contributed by atoms with Crippen molar-refractivity contribution in [1.82, 2.24) is 0 Å². The van der Waals surface area contributed by atoms with Crippen LogP contribution in [0, 0.1) is 28.6 Å². The number of esters is 2. The van der Waals surface area contributed by atoms with Crippen molar-refractivity contribution in [3.8, 4) is 0 Å². The van der Waals surface area contributed by atoms with Crippen LogP contribution in [0.5, 0.6) is 0 Å². The molecule has 0 amide bonds. The molecule has 1 aromatic rings. The molecular formula is C35H48O11. The molecule has 4 saturated carbocycles. The predicted molar refractivity (Wildman–Crippen MR) is 162 cm³/mol. The number of hydrogen-bond acceptors (Lipinski definition) is 11. The quantitative estimate of drug-likeness (QED) is 0.260. The summed E-state index contributed by atoms with van der Waals surface area (Å²) in [5.41, 5.74) is -1.28. The molecule has 1 aromatic heterocycles. The highest BCUT2D eigenvalue weighted by Gasteiger charge is 2.68. The summed E-state index contributed by atoms with van der Waals surface area (Å²) in [7, 11) is 1.47. The molecule has 0 radical (unpaired) electrons. The molecule has 4 aliphatic carbocycles. The number of aldehydes is 1. The molecule has 0 spiro atoms. The molecule has 11 heteroatoms. The third-order valence-electron chi connectivity index (χ3n) is 12.6. The Labute approximate surface area is 269 Å². The maximum atomic E-state index is 13.2. The Hall–Kier alpha value is -2.60. The first-order chi connectivity index (χ1) is 21.9. The van der Waals surface area contributed by atoms with Crippen LogP contribution in [0.2, 0.25) is 0 Å². The summed E-state index contributed by atoms with van der Waals surface area (Å²) in [6.45, 7) is 6.55. The average molecular weight is 645 g/mol. The SMILES string of the molecule is CO[C@@H]1[C@H](OC(C)=O)[C@H](O[C@@H]2CC[C@@]3(C=O)[C@@H](CC[C@@H]4[C@@H]3CC[C@]3(C)[C@H](c5ccc(=O)oc5)CC[C@@]43O)C2)O[C@@H](C)[C@@H]1OC(C)=O. The minimum atomic E-state index is -0.949. The lowest BCUT2D eigenvalue weighted by atomic mass is 9.43. The molecule has 5 aliphatic rings. The number of aliphatic hydroxyl groups is 1. The van der Waals surface area contributed by atoms with Crippen LogP contribution in [0.3, 0.4) is 0 Å². The summed E-state index contributed by atoms with van der Waals surface area (Å²) >= 11 is 0. The first-order valence-electron chi connectivity index (χ1n) is 16.8. The van der Waals surface area contributed by atoms with Crippen molar-refractivity contribution in [3.63, 3.8) is 0 Å². The summed E-state index contributed by atoms with van der Waals surface area (Å²) in [6, 6.07) is 3.29. The summed E-state index contributed by atoms with van der Waals surface area (Å²) in [6.07, 6.45) is 5.09. The molecule has 46 heavy (non-hydrogen) atoms. The Bertz CT molecular complexity index is 1360. The summed E-state index contributed by atoms with van der Waals surface area (Å²) < 4.78 is 34.7. The molecule has 0 unspecified atom stereocenters. The first-order valence-corrected chi connectivity index (χ1v) is 16.8. The van der Waals surface area contributed by atoms with Crippen LogP contribution >= 0.6 is 0 Å². The number of carbonyl (C=O) groups excluding carboxylic acids is 3. The van der Waals surface area contributed by atoms with Gasteiger partial charge in [0, 0.05) is 37.9 Å². The fourth-order valence-electron chi connectivity index (χ4n) is 10.5. The second-order valence-electron chi connectivity index (χ2n) is 14.7. The minimum absolute atomic E-state index is 0.00225. The predicted octanol–water partition coefficient (Wildman–Crippen LogP) is 4.07. The molecule has 1 saturated heterocycles. The van der Waals surface area contributed by atoms with Crippen LogP contribution in [0.1, 0.15) is 97.0 Å². The summed E-state index contributed by atoms with van der Waals surface area (Å²) in [5.74, 6) is -0.795. The molecule has 5 fully saturated rings. The van der Waals surface area contributed by atoms with Crippen molar-refractivity contribution in [3.05, 3.63) is 34.4 Å². The number of rotatable bonds is 7. The van der Waals surface area contributed by atoms with E-state index in [2.05, 4.69) is 6.92 Å². The Morgan fingerprint density at radius 2 is 1.70 bits per heavy atom. The van der Waals surface area contributed by atoms with Gasteiger partial charge in [0.2, 0.25) is 0 Å². The van der Waals surface area contributed by atoms with E-state index < -0.39 is 53.7 Å². The van der Waals surface area contributed by atoms with E-state index in [0.29, 0.717) is 25.7 Å². The lowest BCUT2D eigenvalue weighted by Gasteiger charge is -2.63. The normalized spacial score (nSPS) is 45.1. The van der Waals surface area contributed by atoms with E-state index in [0.717, 1.165) is 37.7 Å². The van der Waals surface area contributed by atoms with Gasteiger partial charge < -0.3 is 38.0 Å². The molecular weight excluding hydrogens is 596 g/mol. The van der Waals surface area contributed by atoms with Crippen molar-refractivity contribution in [2.75, 3.05) is 7.11 Å². The molecule has 0 aromatic carbocycles. The zero-order valence-corrected chi connectivity index (χ0v) is 27.5. The third kappa shape index (κ3) is 5.35. The van der Waals surface area contributed by atoms with Crippen LogP contribution in [-0.2, 0) is 38.1 Å². The third-order valence-corrected chi connectivity index (χ3v) is 12.6. The van der Waals surface area contributed by atoms with Crippen molar-refractivity contribution in [2.45, 2.75) is 134 Å². The van der Waals surface area contributed by atoms with Gasteiger partial charge in [0.25, 0.3) is 0 Å². The topological polar surface area (TPSA) is 148 Å². The fraction of sp³-hybridized carbons (Fsp3) is 0.771. The molecule has 13 atom stereocenters. The van der Waals surface area contributed by atoms with Crippen molar-refractivity contribution < 1.29 is 47.6 Å². The maximum absolute atomic E-state index is 13.2. The fourth-order valence-corrected chi connectivity index (χ4v) is 10.5. The molecule has 254 valence electrons. The zero-order valence-electron chi connectivity index (χ0n) is 27.5. The van der Waals surface area contributed by atoms with Gasteiger partial charge in [-0.05, 0) is 100 Å². The van der Waals surface area contributed by atoms with E-state index in [-0.39, 0.29) is 40.8 Å². The molecule has 6 rings (SSSR count). The Balaban J connectivity index is 1.19. The highest BCUT2D eigenvalue weighted by Crippen LogP contribution is 2.70. The average Bonchev–Trinajstić information content (AvgIpc) is 3.30. The summed E-state index contributed by atoms with van der Waals surface area (Å²) in [4.78, 5) is 48.7. The van der Waals surface area contributed by atoms with Gasteiger partial charge in [0.15, 0.2) is 18.5 Å². The number of fused-ring (bicyclic) bond motifs is 5. The Morgan fingerprint density at radius 3 is 2.35 bits per heavy atom. The minimum Gasteiger partial charge on any atom is -0.457 e. The Kier molecular flexibility index (Phi) is 9.01. The molecule has 1 N–H and O–H groups in total. The van der Waals surface area contributed by atoms with Gasteiger partial charge in [-0.25, -0.2) is 4.79 Å². The van der Waals surface area contributed by atoms with Crippen LogP contribution in [0.25, 0.3) is 0 Å². The highest BCUT2D eigenvalue weighted by atomic mass is 16.7. The molecule has 1 aliphatic heterocycles. The van der Waals surface area contributed by atoms with Gasteiger partial charge in [-0.3, -0.25) is 9.59 Å². The lowest BCUT2D eigenvalue weighted by molar-refractivity contribution is -0.316. The van der Waals surface area contributed by atoms with E-state index in [1.165, 1.54) is 33.3 Å². The number of hydrogen-bond donors (Lipinski definition) is 1. The van der Waals surface area contributed by atoms with Gasteiger partial charge in [-0.1, -0.05) is 6.92 Å². The van der Waals surface area contributed by atoms with Gasteiger partial charge in [-0.15, -0.1) is 0 Å². The highest BCUT2D eigenvalue weighted by molar-refractivity contribution is 5.67. The molecule has 2 heterocycles. The first kappa shape index (κ1) is 33.3. The monoisotopic (exact) mass is 644 g/mol.